The lowest BCUT2D eigenvalue weighted by Crippen LogP contribution is -2.52. The van der Waals surface area contributed by atoms with Crippen molar-refractivity contribution in [3.8, 4) is 5.75 Å². The average molecular weight is 335 g/mol. The van der Waals surface area contributed by atoms with Crippen LogP contribution in [0.4, 0.5) is 0 Å². The number of hydrogen-bond acceptors (Lipinski definition) is 5. The van der Waals surface area contributed by atoms with E-state index in [1.165, 1.54) is 0 Å². The summed E-state index contributed by atoms with van der Waals surface area (Å²) in [5.41, 5.74) is 0. The number of hydrogen-bond donors (Lipinski definition) is 2. The van der Waals surface area contributed by atoms with E-state index < -0.39 is 6.10 Å². The Morgan fingerprint density at radius 1 is 1.25 bits per heavy atom. The number of aliphatic hydroxyl groups excluding tert-OH is 1. The van der Waals surface area contributed by atoms with Crippen LogP contribution in [0, 0.1) is 5.92 Å². The Morgan fingerprint density at radius 3 is 2.54 bits per heavy atom. The van der Waals surface area contributed by atoms with E-state index in [9.17, 15) is 9.90 Å². The molecule has 1 aromatic rings. The minimum absolute atomic E-state index is 0.00594. The normalized spacial score (nSPS) is 18.2. The third-order valence-corrected chi connectivity index (χ3v) is 4.27. The van der Waals surface area contributed by atoms with Gasteiger partial charge < -0.3 is 20.1 Å². The summed E-state index contributed by atoms with van der Waals surface area (Å²) in [4.78, 5) is 16.4. The highest BCUT2D eigenvalue weighted by Gasteiger charge is 2.25. The molecule has 0 saturated carbocycles. The summed E-state index contributed by atoms with van der Waals surface area (Å²) in [6.45, 7) is 6.53. The molecule has 0 bridgehead atoms. The quantitative estimate of drug-likeness (QED) is 0.721. The van der Waals surface area contributed by atoms with Crippen LogP contribution >= 0.6 is 0 Å². The van der Waals surface area contributed by atoms with Crippen LogP contribution in [0.3, 0.4) is 0 Å². The first-order chi connectivity index (χ1) is 11.6. The van der Waals surface area contributed by atoms with E-state index in [1.807, 2.05) is 49.2 Å². The first kappa shape index (κ1) is 18.7. The number of ether oxygens (including phenoxy) is 1. The van der Waals surface area contributed by atoms with Crippen LogP contribution < -0.4 is 10.1 Å². The Labute approximate surface area is 144 Å². The van der Waals surface area contributed by atoms with E-state index in [0.717, 1.165) is 31.9 Å². The van der Waals surface area contributed by atoms with Gasteiger partial charge in [-0.25, -0.2) is 0 Å². The molecule has 2 unspecified atom stereocenters. The zero-order chi connectivity index (χ0) is 17.4. The van der Waals surface area contributed by atoms with Crippen LogP contribution in [-0.4, -0.2) is 79.8 Å². The molecule has 2 rings (SSSR count). The molecule has 1 aliphatic heterocycles. The maximum absolute atomic E-state index is 12.3. The largest absolute Gasteiger partial charge is 0.491 e. The van der Waals surface area contributed by atoms with Gasteiger partial charge in [0.25, 0.3) is 0 Å². The molecule has 6 nitrogen and oxygen atoms in total. The zero-order valence-corrected chi connectivity index (χ0v) is 14.6. The molecule has 2 atom stereocenters. The topological polar surface area (TPSA) is 65.0 Å². The van der Waals surface area contributed by atoms with Gasteiger partial charge in [-0.1, -0.05) is 25.1 Å². The third-order valence-electron chi connectivity index (χ3n) is 4.27. The lowest BCUT2D eigenvalue weighted by atomic mass is 10.1. The van der Waals surface area contributed by atoms with Gasteiger partial charge in [0.1, 0.15) is 18.5 Å². The molecule has 24 heavy (non-hydrogen) atoms. The Bertz CT molecular complexity index is 490. The monoisotopic (exact) mass is 335 g/mol. The highest BCUT2D eigenvalue weighted by atomic mass is 16.5. The standard InChI is InChI=1S/C18H29N3O3/c1-15(12-19-2)18(23)21-10-8-20(9-11-21)13-16(22)14-24-17-6-4-3-5-7-17/h3-7,15-16,19,22H,8-14H2,1-2H3. The number of nitrogens with zero attached hydrogens (tertiary/aromatic N) is 2. The summed E-state index contributed by atoms with van der Waals surface area (Å²) >= 11 is 0. The second-order valence-electron chi connectivity index (χ2n) is 6.36. The molecule has 6 heteroatoms. The molecule has 1 aromatic carbocycles. The second-order valence-corrected chi connectivity index (χ2v) is 6.36. The summed E-state index contributed by atoms with van der Waals surface area (Å²) in [6, 6.07) is 9.51. The summed E-state index contributed by atoms with van der Waals surface area (Å²) in [7, 11) is 1.86. The summed E-state index contributed by atoms with van der Waals surface area (Å²) in [5, 5.41) is 13.2. The number of aliphatic hydroxyl groups is 1. The molecule has 134 valence electrons. The van der Waals surface area contributed by atoms with Crippen molar-refractivity contribution in [3.05, 3.63) is 30.3 Å². The van der Waals surface area contributed by atoms with Crippen LogP contribution in [0.5, 0.6) is 5.75 Å². The molecule has 1 saturated heterocycles. The van der Waals surface area contributed by atoms with E-state index in [2.05, 4.69) is 10.2 Å². The van der Waals surface area contributed by atoms with E-state index in [-0.39, 0.29) is 18.4 Å². The maximum atomic E-state index is 12.3. The van der Waals surface area contributed by atoms with Gasteiger partial charge in [-0.05, 0) is 19.2 Å². The van der Waals surface area contributed by atoms with Gasteiger partial charge in [0.05, 0.1) is 0 Å². The van der Waals surface area contributed by atoms with Gasteiger partial charge >= 0.3 is 0 Å². The fraction of sp³-hybridized carbons (Fsp3) is 0.611. The van der Waals surface area contributed by atoms with Crippen molar-refractivity contribution in [1.29, 1.82) is 0 Å². The molecular weight excluding hydrogens is 306 g/mol. The SMILES string of the molecule is CNCC(C)C(=O)N1CCN(CC(O)COc2ccccc2)CC1. The number of carbonyl (C=O) groups excluding carboxylic acids is 1. The van der Waals surface area contributed by atoms with Crippen LogP contribution in [0.15, 0.2) is 30.3 Å². The number of rotatable bonds is 8. The Morgan fingerprint density at radius 2 is 1.92 bits per heavy atom. The number of carbonyl (C=O) groups is 1. The average Bonchev–Trinajstić information content (AvgIpc) is 2.61. The van der Waals surface area contributed by atoms with Crippen molar-refractivity contribution < 1.29 is 14.6 Å². The fourth-order valence-corrected chi connectivity index (χ4v) is 2.92. The molecule has 1 heterocycles. The van der Waals surface area contributed by atoms with Crippen molar-refractivity contribution in [1.82, 2.24) is 15.1 Å². The minimum atomic E-state index is -0.532. The van der Waals surface area contributed by atoms with Crippen LogP contribution in [0.2, 0.25) is 0 Å². The van der Waals surface area contributed by atoms with Crippen molar-refractivity contribution in [3.63, 3.8) is 0 Å². The van der Waals surface area contributed by atoms with Gasteiger partial charge in [-0.3, -0.25) is 9.69 Å². The number of amides is 1. The van der Waals surface area contributed by atoms with E-state index in [4.69, 9.17) is 4.74 Å². The van der Waals surface area contributed by atoms with Gasteiger partial charge in [0.15, 0.2) is 0 Å². The lowest BCUT2D eigenvalue weighted by Gasteiger charge is -2.36. The first-order valence-corrected chi connectivity index (χ1v) is 8.61. The number of benzene rings is 1. The van der Waals surface area contributed by atoms with E-state index >= 15 is 0 Å². The minimum Gasteiger partial charge on any atom is -0.491 e. The van der Waals surface area contributed by atoms with Crippen molar-refractivity contribution in [2.75, 3.05) is 52.9 Å². The van der Waals surface area contributed by atoms with Gasteiger partial charge in [0.2, 0.25) is 5.91 Å². The number of nitrogens with one attached hydrogen (secondary N) is 1. The van der Waals surface area contributed by atoms with Crippen molar-refractivity contribution in [2.24, 2.45) is 5.92 Å². The van der Waals surface area contributed by atoms with Crippen molar-refractivity contribution >= 4 is 5.91 Å². The second kappa shape index (κ2) is 9.61. The van der Waals surface area contributed by atoms with Crippen LogP contribution in [0.25, 0.3) is 0 Å². The molecule has 1 amide bonds. The Balaban J connectivity index is 1.68. The van der Waals surface area contributed by atoms with E-state index in [0.29, 0.717) is 13.1 Å². The predicted molar refractivity (Wildman–Crippen MR) is 94.1 cm³/mol. The highest BCUT2D eigenvalue weighted by Crippen LogP contribution is 2.10. The lowest BCUT2D eigenvalue weighted by molar-refractivity contribution is -0.136. The zero-order valence-electron chi connectivity index (χ0n) is 14.6. The maximum Gasteiger partial charge on any atom is 0.226 e. The predicted octanol–water partition coefficient (Wildman–Crippen LogP) is 0.426. The molecule has 1 aliphatic rings. The molecule has 0 spiro atoms. The van der Waals surface area contributed by atoms with Crippen molar-refractivity contribution in [2.45, 2.75) is 13.0 Å². The Kier molecular flexibility index (Phi) is 7.49. The van der Waals surface area contributed by atoms with Gasteiger partial charge in [0, 0.05) is 45.2 Å². The van der Waals surface area contributed by atoms with E-state index in [1.54, 1.807) is 0 Å². The molecule has 0 aromatic heterocycles. The summed E-state index contributed by atoms with van der Waals surface area (Å²) in [6.07, 6.45) is -0.532. The van der Waals surface area contributed by atoms with Crippen LogP contribution in [0.1, 0.15) is 6.92 Å². The van der Waals surface area contributed by atoms with Gasteiger partial charge in [-0.2, -0.15) is 0 Å². The highest BCUT2D eigenvalue weighted by molar-refractivity contribution is 5.78. The van der Waals surface area contributed by atoms with Crippen LogP contribution in [-0.2, 0) is 4.79 Å². The molecule has 2 N–H and O–H groups in total. The third kappa shape index (κ3) is 5.78. The summed E-state index contributed by atoms with van der Waals surface area (Å²) < 4.78 is 5.58. The first-order valence-electron chi connectivity index (χ1n) is 8.61. The molecule has 0 aliphatic carbocycles. The molecular formula is C18H29N3O3. The molecule has 0 radical (unpaired) electrons. The molecule has 1 fully saturated rings. The smallest absolute Gasteiger partial charge is 0.226 e. The van der Waals surface area contributed by atoms with Gasteiger partial charge in [-0.15, -0.1) is 0 Å². The summed E-state index contributed by atoms with van der Waals surface area (Å²) in [5.74, 6) is 0.980. The number of piperazine rings is 1. The fourth-order valence-electron chi connectivity index (χ4n) is 2.92. The number of β-amino-alcohol motifs (C(OH)–C–C–N with tert-alkyl or cyclic N) is 1. The Hall–Kier alpha value is -1.63. The number of para-hydroxylation sites is 1.